The zero-order chi connectivity index (χ0) is 19.8. The van der Waals surface area contributed by atoms with Crippen LogP contribution in [0.15, 0.2) is 54.6 Å². The molecular formula is C22H34ClNO3Si. The van der Waals surface area contributed by atoms with E-state index in [0.29, 0.717) is 6.42 Å². The van der Waals surface area contributed by atoms with Crippen LogP contribution in [-0.2, 0) is 6.42 Å². The van der Waals surface area contributed by atoms with Crippen LogP contribution < -0.4 is 15.7 Å². The van der Waals surface area contributed by atoms with Crippen LogP contribution in [0.5, 0.6) is 5.75 Å². The maximum absolute atomic E-state index is 9.26. The molecule has 0 aromatic heterocycles. The number of hydrogen-bond acceptors (Lipinski definition) is 4. The van der Waals surface area contributed by atoms with Crippen LogP contribution in [0, 0.1) is 0 Å². The van der Waals surface area contributed by atoms with E-state index in [2.05, 4.69) is 43.4 Å². The molecule has 0 aliphatic carbocycles. The molecule has 0 saturated carbocycles. The van der Waals surface area contributed by atoms with Gasteiger partial charge in [0.05, 0.1) is 33.4 Å². The predicted octanol–water partition coefficient (Wildman–Crippen LogP) is 3.11. The van der Waals surface area contributed by atoms with Crippen LogP contribution in [0.2, 0.25) is 19.1 Å². The number of hydrogen-bond donors (Lipinski definition) is 3. The molecule has 156 valence electrons. The Labute approximate surface area is 176 Å². The first-order valence-electron chi connectivity index (χ1n) is 9.66. The molecule has 0 atom stereocenters. The number of nitrogens with two attached hydrogens (primary N) is 1. The Hall–Kier alpha value is -1.37. The van der Waals surface area contributed by atoms with Crippen molar-refractivity contribution in [3.8, 4) is 5.75 Å². The highest BCUT2D eigenvalue weighted by Crippen LogP contribution is 2.18. The minimum Gasteiger partial charge on any atom is -0.494 e. The summed E-state index contributed by atoms with van der Waals surface area (Å²) < 4.78 is 5.90. The van der Waals surface area contributed by atoms with Crippen LogP contribution in [-0.4, -0.2) is 43.6 Å². The molecular weight excluding hydrogens is 390 g/mol. The SMILES string of the molecule is C[Si](C)(CCCOc1ccc(CCC(N)(CO)CO)cc1)c1ccccc1.Cl. The lowest BCUT2D eigenvalue weighted by molar-refractivity contribution is 0.115. The van der Waals surface area contributed by atoms with Gasteiger partial charge >= 0.3 is 0 Å². The lowest BCUT2D eigenvalue weighted by Crippen LogP contribution is -2.47. The average molecular weight is 424 g/mol. The van der Waals surface area contributed by atoms with E-state index in [1.165, 1.54) is 11.2 Å². The van der Waals surface area contributed by atoms with Gasteiger partial charge in [0.15, 0.2) is 0 Å². The molecule has 0 unspecified atom stereocenters. The fraction of sp³-hybridized carbons (Fsp3) is 0.455. The van der Waals surface area contributed by atoms with Crippen LogP contribution in [0.4, 0.5) is 0 Å². The van der Waals surface area contributed by atoms with Gasteiger partial charge in [0.1, 0.15) is 5.75 Å². The molecule has 4 N–H and O–H groups in total. The topological polar surface area (TPSA) is 75.7 Å². The van der Waals surface area contributed by atoms with Crippen LogP contribution in [0.25, 0.3) is 0 Å². The molecule has 0 saturated heterocycles. The van der Waals surface area contributed by atoms with E-state index in [1.807, 2.05) is 24.3 Å². The third-order valence-electron chi connectivity index (χ3n) is 5.23. The molecule has 0 amide bonds. The molecule has 0 radical (unpaired) electrons. The number of halogens is 1. The van der Waals surface area contributed by atoms with Crippen molar-refractivity contribution in [2.75, 3.05) is 19.8 Å². The minimum absolute atomic E-state index is 0. The van der Waals surface area contributed by atoms with Crippen molar-refractivity contribution in [1.82, 2.24) is 0 Å². The Morgan fingerprint density at radius 3 is 2.14 bits per heavy atom. The van der Waals surface area contributed by atoms with Gasteiger partial charge < -0.3 is 20.7 Å². The fourth-order valence-electron chi connectivity index (χ4n) is 3.09. The molecule has 28 heavy (non-hydrogen) atoms. The van der Waals surface area contributed by atoms with Crippen LogP contribution in [0.3, 0.4) is 0 Å². The van der Waals surface area contributed by atoms with E-state index in [1.54, 1.807) is 0 Å². The standard InChI is InChI=1S/C22H33NO3Si.ClH/c1-27(2,21-7-4-3-5-8-21)16-6-15-26-20-11-9-19(10-12-20)13-14-22(23,17-24)18-25;/h3-5,7-12,24-25H,6,13-18,23H2,1-2H3;1H. The summed E-state index contributed by atoms with van der Waals surface area (Å²) in [6.07, 6.45) is 2.31. The van der Waals surface area contributed by atoms with E-state index in [4.69, 9.17) is 10.5 Å². The van der Waals surface area contributed by atoms with Crippen molar-refractivity contribution in [1.29, 1.82) is 0 Å². The van der Waals surface area contributed by atoms with Crippen LogP contribution in [0.1, 0.15) is 18.4 Å². The van der Waals surface area contributed by atoms with E-state index in [9.17, 15) is 10.2 Å². The Bertz CT molecular complexity index is 676. The second-order valence-electron chi connectivity index (χ2n) is 8.02. The highest BCUT2D eigenvalue weighted by Gasteiger charge is 2.23. The maximum atomic E-state index is 9.26. The van der Waals surface area contributed by atoms with Gasteiger partial charge in [0, 0.05) is 0 Å². The molecule has 4 nitrogen and oxygen atoms in total. The Morgan fingerprint density at radius 2 is 1.57 bits per heavy atom. The summed E-state index contributed by atoms with van der Waals surface area (Å²) in [6, 6.07) is 20.0. The number of aliphatic hydroxyl groups excluding tert-OH is 2. The molecule has 0 aliphatic heterocycles. The molecule has 2 aromatic carbocycles. The van der Waals surface area contributed by atoms with Crippen molar-refractivity contribution < 1.29 is 14.9 Å². The second-order valence-corrected chi connectivity index (χ2v) is 12.9. The number of rotatable bonds is 11. The third kappa shape index (κ3) is 7.57. The van der Waals surface area contributed by atoms with Crippen molar-refractivity contribution in [2.45, 2.75) is 43.9 Å². The molecule has 2 rings (SSSR count). The lowest BCUT2D eigenvalue weighted by atomic mass is 9.94. The summed E-state index contributed by atoms with van der Waals surface area (Å²) >= 11 is 0. The summed E-state index contributed by atoms with van der Waals surface area (Å²) in [4.78, 5) is 0. The van der Waals surface area contributed by atoms with Gasteiger partial charge in [-0.05, 0) is 37.0 Å². The summed E-state index contributed by atoms with van der Waals surface area (Å²) in [5.74, 6) is 0.876. The Morgan fingerprint density at radius 1 is 0.964 bits per heavy atom. The highest BCUT2D eigenvalue weighted by atomic mass is 35.5. The van der Waals surface area contributed by atoms with E-state index in [-0.39, 0.29) is 25.6 Å². The first kappa shape index (κ1) is 24.7. The molecule has 0 aliphatic rings. The van der Waals surface area contributed by atoms with Gasteiger partial charge in [0.2, 0.25) is 0 Å². The minimum atomic E-state index is -1.40. The zero-order valence-electron chi connectivity index (χ0n) is 16.9. The van der Waals surface area contributed by atoms with E-state index >= 15 is 0 Å². The molecule has 0 spiro atoms. The fourth-order valence-corrected chi connectivity index (χ4v) is 5.50. The first-order valence-corrected chi connectivity index (χ1v) is 12.9. The molecule has 2 aromatic rings. The highest BCUT2D eigenvalue weighted by molar-refractivity contribution is 6.89. The number of ether oxygens (including phenoxy) is 1. The molecule has 0 bridgehead atoms. The summed E-state index contributed by atoms with van der Waals surface area (Å²) in [7, 11) is -1.40. The number of aliphatic hydroxyl groups is 2. The Kier molecular flexibility index (Phi) is 10.2. The summed E-state index contributed by atoms with van der Waals surface area (Å²) in [5.41, 5.74) is 6.12. The maximum Gasteiger partial charge on any atom is 0.119 e. The molecule has 0 heterocycles. The normalized spacial score (nSPS) is 11.8. The van der Waals surface area contributed by atoms with Gasteiger partial charge in [-0.25, -0.2) is 0 Å². The first-order chi connectivity index (χ1) is 12.9. The van der Waals surface area contributed by atoms with Gasteiger partial charge in [-0.1, -0.05) is 66.8 Å². The number of aryl methyl sites for hydroxylation is 1. The van der Waals surface area contributed by atoms with E-state index < -0.39 is 13.6 Å². The van der Waals surface area contributed by atoms with Crippen molar-refractivity contribution in [3.63, 3.8) is 0 Å². The Balaban J connectivity index is 0.00000392. The van der Waals surface area contributed by atoms with Gasteiger partial charge in [-0.3, -0.25) is 0 Å². The van der Waals surface area contributed by atoms with Gasteiger partial charge in [-0.2, -0.15) is 0 Å². The van der Waals surface area contributed by atoms with Gasteiger partial charge in [-0.15, -0.1) is 12.4 Å². The average Bonchev–Trinajstić information content (AvgIpc) is 2.71. The molecule has 0 fully saturated rings. The summed E-state index contributed by atoms with van der Waals surface area (Å²) in [5, 5.41) is 20.0. The van der Waals surface area contributed by atoms with Crippen LogP contribution >= 0.6 is 12.4 Å². The van der Waals surface area contributed by atoms with Crippen molar-refractivity contribution in [2.24, 2.45) is 5.73 Å². The monoisotopic (exact) mass is 423 g/mol. The number of benzene rings is 2. The smallest absolute Gasteiger partial charge is 0.119 e. The van der Waals surface area contributed by atoms with Crippen molar-refractivity contribution in [3.05, 3.63) is 60.2 Å². The molecule has 6 heteroatoms. The van der Waals surface area contributed by atoms with E-state index in [0.717, 1.165) is 30.8 Å². The van der Waals surface area contributed by atoms with Crippen molar-refractivity contribution >= 4 is 25.7 Å². The summed E-state index contributed by atoms with van der Waals surface area (Å²) in [6.45, 7) is 5.12. The second kappa shape index (κ2) is 11.6. The third-order valence-corrected chi connectivity index (χ3v) is 8.73. The quantitative estimate of drug-likeness (QED) is 0.383. The zero-order valence-corrected chi connectivity index (χ0v) is 18.8. The largest absolute Gasteiger partial charge is 0.494 e. The lowest BCUT2D eigenvalue weighted by Gasteiger charge is -2.24. The van der Waals surface area contributed by atoms with Gasteiger partial charge in [0.25, 0.3) is 0 Å². The predicted molar refractivity (Wildman–Crippen MR) is 122 cm³/mol.